The van der Waals surface area contributed by atoms with Gasteiger partial charge in [-0.1, -0.05) is 41.9 Å². The van der Waals surface area contributed by atoms with Crippen molar-refractivity contribution in [1.29, 1.82) is 0 Å². The van der Waals surface area contributed by atoms with Gasteiger partial charge in [-0.3, -0.25) is 0 Å². The molecule has 1 nitrogen and oxygen atoms in total. The minimum Gasteiger partial charge on any atom is -0.497 e. The topological polar surface area (TPSA) is 9.23 Å². The Labute approximate surface area is 116 Å². The number of ether oxygens (including phenoxy) is 1. The van der Waals surface area contributed by atoms with E-state index in [9.17, 15) is 0 Å². The van der Waals surface area contributed by atoms with E-state index in [1.165, 1.54) is 22.3 Å². The Morgan fingerprint density at radius 2 is 1.56 bits per heavy atom. The van der Waals surface area contributed by atoms with Gasteiger partial charge in [0.15, 0.2) is 0 Å². The average Bonchev–Trinajstić information content (AvgIpc) is 2.58. The van der Waals surface area contributed by atoms with Gasteiger partial charge in [0.05, 0.1) is 7.11 Å². The summed E-state index contributed by atoms with van der Waals surface area (Å²) in [4.78, 5) is 0. The van der Waals surface area contributed by atoms with Gasteiger partial charge in [-0.05, 0) is 46.5 Å². The van der Waals surface area contributed by atoms with Crippen LogP contribution in [0.1, 0.15) is 25.0 Å². The molecule has 0 radical (unpaired) electrons. The second kappa shape index (κ2) is 3.86. The molecule has 0 saturated carbocycles. The highest BCUT2D eigenvalue weighted by Gasteiger charge is 2.35. The van der Waals surface area contributed by atoms with Crippen molar-refractivity contribution in [2.75, 3.05) is 7.11 Å². The van der Waals surface area contributed by atoms with E-state index in [-0.39, 0.29) is 5.41 Å². The fraction of sp³-hybridized carbons (Fsp3) is 0.250. The molecule has 0 bridgehead atoms. The molecule has 2 heteroatoms. The van der Waals surface area contributed by atoms with Gasteiger partial charge in [0.2, 0.25) is 0 Å². The number of hydrogen-bond acceptors (Lipinski definition) is 1. The van der Waals surface area contributed by atoms with Crippen molar-refractivity contribution in [3.63, 3.8) is 0 Å². The molecule has 2 aromatic carbocycles. The van der Waals surface area contributed by atoms with Crippen LogP contribution in [0.15, 0.2) is 40.9 Å². The van der Waals surface area contributed by atoms with Crippen LogP contribution < -0.4 is 4.74 Å². The van der Waals surface area contributed by atoms with Crippen LogP contribution in [0.4, 0.5) is 0 Å². The molecular weight excluding hydrogens is 288 g/mol. The zero-order valence-corrected chi connectivity index (χ0v) is 12.3. The van der Waals surface area contributed by atoms with Gasteiger partial charge in [0.25, 0.3) is 0 Å². The molecule has 18 heavy (non-hydrogen) atoms. The summed E-state index contributed by atoms with van der Waals surface area (Å²) in [5, 5.41) is 0. The standard InChI is InChI=1S/C16H15BrO/c1-16(2)14-8-10(17)4-6-12(14)13-7-5-11(18-3)9-15(13)16/h4-9H,1-3H3. The van der Waals surface area contributed by atoms with Crippen LogP contribution in [0, 0.1) is 0 Å². The molecule has 2 aromatic rings. The maximum absolute atomic E-state index is 5.35. The van der Waals surface area contributed by atoms with Crippen LogP contribution in [0.5, 0.6) is 5.75 Å². The molecule has 1 aliphatic carbocycles. The maximum Gasteiger partial charge on any atom is 0.119 e. The van der Waals surface area contributed by atoms with E-state index in [0.717, 1.165) is 10.2 Å². The Morgan fingerprint density at radius 3 is 2.22 bits per heavy atom. The van der Waals surface area contributed by atoms with E-state index in [1.54, 1.807) is 7.11 Å². The zero-order valence-electron chi connectivity index (χ0n) is 10.8. The molecule has 0 spiro atoms. The van der Waals surface area contributed by atoms with Crippen molar-refractivity contribution in [1.82, 2.24) is 0 Å². The molecule has 0 saturated heterocycles. The molecule has 0 heterocycles. The van der Waals surface area contributed by atoms with Crippen molar-refractivity contribution >= 4 is 15.9 Å². The van der Waals surface area contributed by atoms with E-state index in [0.29, 0.717) is 0 Å². The molecule has 92 valence electrons. The van der Waals surface area contributed by atoms with Crippen molar-refractivity contribution in [3.05, 3.63) is 52.0 Å². The summed E-state index contributed by atoms with van der Waals surface area (Å²) in [5.74, 6) is 0.925. The summed E-state index contributed by atoms with van der Waals surface area (Å²) in [5.41, 5.74) is 5.41. The molecule has 0 unspecified atom stereocenters. The first-order valence-corrected chi connectivity index (χ1v) is 6.82. The lowest BCUT2D eigenvalue weighted by Gasteiger charge is -2.21. The van der Waals surface area contributed by atoms with E-state index in [2.05, 4.69) is 60.1 Å². The summed E-state index contributed by atoms with van der Waals surface area (Å²) < 4.78 is 6.48. The quantitative estimate of drug-likeness (QED) is 0.738. The zero-order chi connectivity index (χ0) is 12.9. The molecule has 0 amide bonds. The van der Waals surface area contributed by atoms with E-state index < -0.39 is 0 Å². The molecule has 0 atom stereocenters. The Hall–Kier alpha value is -1.28. The predicted molar refractivity (Wildman–Crippen MR) is 78.3 cm³/mol. The Balaban J connectivity index is 2.31. The fourth-order valence-corrected chi connectivity index (χ4v) is 3.18. The van der Waals surface area contributed by atoms with E-state index in [1.807, 2.05) is 6.07 Å². The summed E-state index contributed by atoms with van der Waals surface area (Å²) in [7, 11) is 1.72. The van der Waals surface area contributed by atoms with E-state index >= 15 is 0 Å². The highest BCUT2D eigenvalue weighted by Crippen LogP contribution is 2.50. The van der Waals surface area contributed by atoms with Crippen molar-refractivity contribution in [2.45, 2.75) is 19.3 Å². The first kappa shape index (κ1) is 11.8. The lowest BCUT2D eigenvalue weighted by molar-refractivity contribution is 0.413. The number of hydrogen-bond donors (Lipinski definition) is 0. The molecule has 0 aromatic heterocycles. The lowest BCUT2D eigenvalue weighted by Crippen LogP contribution is -2.15. The lowest BCUT2D eigenvalue weighted by atomic mass is 9.82. The van der Waals surface area contributed by atoms with Crippen molar-refractivity contribution < 1.29 is 4.74 Å². The van der Waals surface area contributed by atoms with Gasteiger partial charge in [0.1, 0.15) is 5.75 Å². The molecule has 0 fully saturated rings. The molecule has 0 N–H and O–H groups in total. The summed E-state index contributed by atoms with van der Waals surface area (Å²) in [6.45, 7) is 4.53. The summed E-state index contributed by atoms with van der Waals surface area (Å²) >= 11 is 3.56. The van der Waals surface area contributed by atoms with Gasteiger partial charge in [-0.2, -0.15) is 0 Å². The number of halogens is 1. The predicted octanol–water partition coefficient (Wildman–Crippen LogP) is 4.76. The molecule has 0 aliphatic heterocycles. The van der Waals surface area contributed by atoms with Crippen LogP contribution in [0.2, 0.25) is 0 Å². The minimum atomic E-state index is 0.0307. The Bertz CT molecular complexity index is 629. The van der Waals surface area contributed by atoms with Crippen molar-refractivity contribution in [3.8, 4) is 16.9 Å². The number of rotatable bonds is 1. The number of methoxy groups -OCH3 is 1. The van der Waals surface area contributed by atoms with Crippen LogP contribution in [0.3, 0.4) is 0 Å². The monoisotopic (exact) mass is 302 g/mol. The molecule has 1 aliphatic rings. The first-order valence-electron chi connectivity index (χ1n) is 6.03. The van der Waals surface area contributed by atoms with Gasteiger partial charge >= 0.3 is 0 Å². The highest BCUT2D eigenvalue weighted by molar-refractivity contribution is 9.10. The average molecular weight is 303 g/mol. The van der Waals surface area contributed by atoms with Gasteiger partial charge < -0.3 is 4.74 Å². The normalized spacial score (nSPS) is 15.1. The van der Waals surface area contributed by atoms with Gasteiger partial charge in [0, 0.05) is 9.89 Å². The minimum absolute atomic E-state index is 0.0307. The van der Waals surface area contributed by atoms with Crippen LogP contribution in [-0.2, 0) is 5.41 Å². The Kier molecular flexibility index (Phi) is 2.53. The second-order valence-corrected chi connectivity index (χ2v) is 6.14. The van der Waals surface area contributed by atoms with E-state index in [4.69, 9.17) is 4.74 Å². The third-order valence-electron chi connectivity index (χ3n) is 3.85. The summed E-state index contributed by atoms with van der Waals surface area (Å²) in [6.07, 6.45) is 0. The second-order valence-electron chi connectivity index (χ2n) is 5.23. The fourth-order valence-electron chi connectivity index (χ4n) is 2.82. The van der Waals surface area contributed by atoms with Crippen molar-refractivity contribution in [2.24, 2.45) is 0 Å². The smallest absolute Gasteiger partial charge is 0.119 e. The molecule has 3 rings (SSSR count). The first-order chi connectivity index (χ1) is 8.54. The summed E-state index contributed by atoms with van der Waals surface area (Å²) in [6, 6.07) is 12.9. The molecular formula is C16H15BrO. The highest BCUT2D eigenvalue weighted by atomic mass is 79.9. The third-order valence-corrected chi connectivity index (χ3v) is 4.34. The van der Waals surface area contributed by atoms with Crippen LogP contribution >= 0.6 is 15.9 Å². The van der Waals surface area contributed by atoms with Crippen LogP contribution in [-0.4, -0.2) is 7.11 Å². The SMILES string of the molecule is COc1ccc2c(c1)C(C)(C)c1cc(Br)ccc1-2. The number of fused-ring (bicyclic) bond motifs is 3. The van der Waals surface area contributed by atoms with Gasteiger partial charge in [-0.25, -0.2) is 0 Å². The third kappa shape index (κ3) is 1.52. The van der Waals surface area contributed by atoms with Crippen LogP contribution in [0.25, 0.3) is 11.1 Å². The maximum atomic E-state index is 5.35. The number of benzene rings is 2. The largest absolute Gasteiger partial charge is 0.497 e. The Morgan fingerprint density at radius 1 is 0.944 bits per heavy atom. The van der Waals surface area contributed by atoms with Gasteiger partial charge in [-0.15, -0.1) is 0 Å².